The SMILES string of the molecule is CCOC(=O)C[C@H]1COc2cc(Br)ccc2N1C(=O)c1ccc2c(c1)NC(=O)CO2. The Morgan fingerprint density at radius 2 is 2.03 bits per heavy atom. The average molecular weight is 475 g/mol. The number of hydrogen-bond donors (Lipinski definition) is 1. The van der Waals surface area contributed by atoms with Gasteiger partial charge in [0, 0.05) is 10.0 Å². The molecule has 0 aromatic heterocycles. The topological polar surface area (TPSA) is 94.2 Å². The molecule has 0 radical (unpaired) electrons. The molecule has 2 amide bonds. The van der Waals surface area contributed by atoms with E-state index in [2.05, 4.69) is 21.2 Å². The molecule has 9 heteroatoms. The smallest absolute Gasteiger partial charge is 0.308 e. The maximum atomic E-state index is 13.5. The fraction of sp³-hybridized carbons (Fsp3) is 0.286. The predicted octanol–water partition coefficient (Wildman–Crippen LogP) is 3.14. The van der Waals surface area contributed by atoms with Crippen LogP contribution in [0.3, 0.4) is 0 Å². The Balaban J connectivity index is 1.70. The molecule has 2 aromatic carbocycles. The summed E-state index contributed by atoms with van der Waals surface area (Å²) in [5.41, 5.74) is 1.34. The molecule has 0 saturated carbocycles. The van der Waals surface area contributed by atoms with Gasteiger partial charge in [-0.05, 0) is 43.3 Å². The Hall–Kier alpha value is -3.07. The van der Waals surface area contributed by atoms with E-state index in [1.165, 1.54) is 0 Å². The monoisotopic (exact) mass is 474 g/mol. The fourth-order valence-corrected chi connectivity index (χ4v) is 3.79. The summed E-state index contributed by atoms with van der Waals surface area (Å²) in [4.78, 5) is 38.8. The number of nitrogens with zero attached hydrogens (tertiary/aromatic N) is 1. The molecule has 0 aliphatic carbocycles. The van der Waals surface area contributed by atoms with E-state index in [0.29, 0.717) is 28.4 Å². The maximum absolute atomic E-state index is 13.5. The van der Waals surface area contributed by atoms with Crippen LogP contribution in [0, 0.1) is 0 Å². The number of carbonyl (C=O) groups is 3. The van der Waals surface area contributed by atoms with Crippen molar-refractivity contribution in [1.29, 1.82) is 0 Å². The number of rotatable bonds is 4. The molecular formula is C21H19BrN2O6. The predicted molar refractivity (Wildman–Crippen MR) is 112 cm³/mol. The lowest BCUT2D eigenvalue weighted by molar-refractivity contribution is -0.143. The summed E-state index contributed by atoms with van der Waals surface area (Å²) in [7, 11) is 0. The largest absolute Gasteiger partial charge is 0.489 e. The zero-order valence-electron chi connectivity index (χ0n) is 16.1. The second-order valence-corrected chi connectivity index (χ2v) is 7.72. The molecule has 2 aromatic rings. The van der Waals surface area contributed by atoms with Crippen molar-refractivity contribution in [3.05, 3.63) is 46.4 Å². The van der Waals surface area contributed by atoms with E-state index in [1.54, 1.807) is 48.2 Å². The minimum absolute atomic E-state index is 0.000127. The highest BCUT2D eigenvalue weighted by Crippen LogP contribution is 2.38. The highest BCUT2D eigenvalue weighted by molar-refractivity contribution is 9.10. The molecule has 4 rings (SSSR count). The van der Waals surface area contributed by atoms with Gasteiger partial charge in [-0.25, -0.2) is 0 Å². The number of carbonyl (C=O) groups excluding carboxylic acids is 3. The van der Waals surface area contributed by atoms with Crippen LogP contribution >= 0.6 is 15.9 Å². The first-order chi connectivity index (χ1) is 14.5. The summed E-state index contributed by atoms with van der Waals surface area (Å²) in [6.07, 6.45) is -0.000127. The zero-order chi connectivity index (χ0) is 21.3. The maximum Gasteiger partial charge on any atom is 0.308 e. The van der Waals surface area contributed by atoms with Gasteiger partial charge in [-0.2, -0.15) is 0 Å². The van der Waals surface area contributed by atoms with E-state index in [0.717, 1.165) is 4.47 Å². The van der Waals surface area contributed by atoms with Crippen molar-refractivity contribution in [2.45, 2.75) is 19.4 Å². The molecule has 0 spiro atoms. The highest BCUT2D eigenvalue weighted by Gasteiger charge is 2.35. The van der Waals surface area contributed by atoms with E-state index in [9.17, 15) is 14.4 Å². The number of hydrogen-bond acceptors (Lipinski definition) is 6. The Morgan fingerprint density at radius 3 is 2.83 bits per heavy atom. The van der Waals surface area contributed by atoms with E-state index in [-0.39, 0.29) is 38.1 Å². The molecule has 2 aliphatic heterocycles. The van der Waals surface area contributed by atoms with Crippen LogP contribution in [0.4, 0.5) is 11.4 Å². The first-order valence-electron chi connectivity index (χ1n) is 9.44. The van der Waals surface area contributed by atoms with Crippen LogP contribution in [-0.2, 0) is 14.3 Å². The molecule has 8 nitrogen and oxygen atoms in total. The molecule has 156 valence electrons. The third kappa shape index (κ3) is 3.97. The molecule has 1 N–H and O–H groups in total. The number of nitrogens with one attached hydrogen (secondary N) is 1. The van der Waals surface area contributed by atoms with Gasteiger partial charge in [-0.3, -0.25) is 19.3 Å². The lowest BCUT2D eigenvalue weighted by atomic mass is 10.1. The van der Waals surface area contributed by atoms with Gasteiger partial charge in [-0.1, -0.05) is 15.9 Å². The van der Waals surface area contributed by atoms with Gasteiger partial charge in [0.05, 0.1) is 30.4 Å². The number of benzene rings is 2. The summed E-state index contributed by atoms with van der Waals surface area (Å²) in [5, 5.41) is 2.71. The van der Waals surface area contributed by atoms with Crippen molar-refractivity contribution in [3.8, 4) is 11.5 Å². The van der Waals surface area contributed by atoms with Gasteiger partial charge >= 0.3 is 5.97 Å². The van der Waals surface area contributed by atoms with Crippen molar-refractivity contribution in [2.75, 3.05) is 30.0 Å². The minimum Gasteiger partial charge on any atom is -0.489 e. The second-order valence-electron chi connectivity index (χ2n) is 6.81. The molecule has 1 atom stereocenters. The van der Waals surface area contributed by atoms with E-state index >= 15 is 0 Å². The zero-order valence-corrected chi connectivity index (χ0v) is 17.7. The van der Waals surface area contributed by atoms with Crippen LogP contribution in [0.25, 0.3) is 0 Å². The van der Waals surface area contributed by atoms with Gasteiger partial charge in [0.2, 0.25) is 0 Å². The van der Waals surface area contributed by atoms with E-state index < -0.39 is 12.0 Å². The second kappa shape index (κ2) is 8.35. The standard InChI is InChI=1S/C21H19BrN2O6/c1-2-28-20(26)9-14-10-29-18-8-13(22)4-5-16(18)24(14)21(27)12-3-6-17-15(7-12)23-19(25)11-30-17/h3-8,14H,2,9-11H2,1H3,(H,23,25)/t14-/m0/s1. The number of ether oxygens (including phenoxy) is 3. The molecule has 2 aliphatic rings. The van der Waals surface area contributed by atoms with Crippen LogP contribution in [0.5, 0.6) is 11.5 Å². The molecule has 0 saturated heterocycles. The molecular weight excluding hydrogens is 456 g/mol. The van der Waals surface area contributed by atoms with Crippen molar-refractivity contribution in [3.63, 3.8) is 0 Å². The summed E-state index contributed by atoms with van der Waals surface area (Å²) < 4.78 is 17.0. The molecule has 0 fully saturated rings. The van der Waals surface area contributed by atoms with Crippen molar-refractivity contribution in [1.82, 2.24) is 0 Å². The van der Waals surface area contributed by atoms with Crippen molar-refractivity contribution in [2.24, 2.45) is 0 Å². The van der Waals surface area contributed by atoms with Gasteiger partial charge in [-0.15, -0.1) is 0 Å². The van der Waals surface area contributed by atoms with Crippen LogP contribution in [0.2, 0.25) is 0 Å². The number of halogens is 1. The lowest BCUT2D eigenvalue weighted by Gasteiger charge is -2.37. The van der Waals surface area contributed by atoms with E-state index in [4.69, 9.17) is 14.2 Å². The molecule has 30 heavy (non-hydrogen) atoms. The van der Waals surface area contributed by atoms with Gasteiger partial charge < -0.3 is 19.5 Å². The summed E-state index contributed by atoms with van der Waals surface area (Å²) in [5.74, 6) is 0.0242. The van der Waals surface area contributed by atoms with Crippen molar-refractivity contribution < 1.29 is 28.6 Å². The normalized spacial score (nSPS) is 17.1. The summed E-state index contributed by atoms with van der Waals surface area (Å²) in [6, 6.07) is 9.65. The number of anilines is 2. The third-order valence-corrected chi connectivity index (χ3v) is 5.26. The first kappa shape index (κ1) is 20.2. The lowest BCUT2D eigenvalue weighted by Crippen LogP contribution is -2.48. The summed E-state index contributed by atoms with van der Waals surface area (Å²) >= 11 is 3.40. The molecule has 0 bridgehead atoms. The third-order valence-electron chi connectivity index (χ3n) is 4.76. The van der Waals surface area contributed by atoms with Crippen LogP contribution in [0.1, 0.15) is 23.7 Å². The molecule has 0 unspecified atom stereocenters. The number of fused-ring (bicyclic) bond motifs is 2. The summed E-state index contributed by atoms with van der Waals surface area (Å²) in [6.45, 7) is 2.08. The van der Waals surface area contributed by atoms with Gasteiger partial charge in [0.25, 0.3) is 11.8 Å². The minimum atomic E-state index is -0.535. The highest BCUT2D eigenvalue weighted by atomic mass is 79.9. The quantitative estimate of drug-likeness (QED) is 0.684. The van der Waals surface area contributed by atoms with Crippen LogP contribution in [0.15, 0.2) is 40.9 Å². The van der Waals surface area contributed by atoms with E-state index in [1.807, 2.05) is 0 Å². The average Bonchev–Trinajstić information content (AvgIpc) is 2.72. The van der Waals surface area contributed by atoms with Gasteiger partial charge in [0.1, 0.15) is 18.1 Å². The Kier molecular flexibility index (Phi) is 5.63. The molecule has 2 heterocycles. The van der Waals surface area contributed by atoms with Crippen LogP contribution < -0.4 is 19.7 Å². The number of amides is 2. The van der Waals surface area contributed by atoms with Crippen LogP contribution in [-0.4, -0.2) is 43.6 Å². The Bertz CT molecular complexity index is 1020. The number of esters is 1. The Morgan fingerprint density at radius 1 is 1.20 bits per heavy atom. The van der Waals surface area contributed by atoms with Gasteiger partial charge in [0.15, 0.2) is 6.61 Å². The fourth-order valence-electron chi connectivity index (χ4n) is 3.45. The Labute approximate surface area is 181 Å². The van der Waals surface area contributed by atoms with Crippen molar-refractivity contribution >= 4 is 45.1 Å². The first-order valence-corrected chi connectivity index (χ1v) is 10.2.